The average molecular weight is 382 g/mol. The number of hydrogen-bond donors (Lipinski definition) is 0. The van der Waals surface area contributed by atoms with Gasteiger partial charge in [0.25, 0.3) is 11.6 Å². The SMILES string of the molecule is CCN1C(=O)/C(=N/N=C\c2cc(OC)c(OC)cc2[N+](=O)[O-])c2ccccc21. The zero-order chi connectivity index (χ0) is 20.3. The van der Waals surface area contributed by atoms with Gasteiger partial charge in [0, 0.05) is 12.1 Å². The Labute approximate surface area is 161 Å². The van der Waals surface area contributed by atoms with Gasteiger partial charge < -0.3 is 14.4 Å². The molecule has 1 amide bonds. The van der Waals surface area contributed by atoms with E-state index in [1.165, 1.54) is 32.6 Å². The van der Waals surface area contributed by atoms with E-state index in [2.05, 4.69) is 10.2 Å². The maximum Gasteiger partial charge on any atom is 0.282 e. The molecule has 0 spiro atoms. The molecule has 2 aromatic rings. The van der Waals surface area contributed by atoms with Gasteiger partial charge >= 0.3 is 0 Å². The van der Waals surface area contributed by atoms with Gasteiger partial charge in [0.2, 0.25) is 0 Å². The minimum Gasteiger partial charge on any atom is -0.493 e. The Morgan fingerprint density at radius 1 is 1.18 bits per heavy atom. The first-order valence-corrected chi connectivity index (χ1v) is 8.44. The Hall–Kier alpha value is -3.75. The molecule has 0 saturated heterocycles. The van der Waals surface area contributed by atoms with Crippen molar-refractivity contribution in [3.63, 3.8) is 0 Å². The fourth-order valence-corrected chi connectivity index (χ4v) is 2.97. The lowest BCUT2D eigenvalue weighted by Gasteiger charge is -2.12. The molecule has 0 saturated carbocycles. The van der Waals surface area contributed by atoms with Crippen molar-refractivity contribution in [3.8, 4) is 11.5 Å². The number of nitro groups is 1. The Morgan fingerprint density at radius 2 is 1.86 bits per heavy atom. The summed E-state index contributed by atoms with van der Waals surface area (Å²) < 4.78 is 10.3. The number of methoxy groups -OCH3 is 2. The predicted octanol–water partition coefficient (Wildman–Crippen LogP) is 2.80. The summed E-state index contributed by atoms with van der Waals surface area (Å²) in [7, 11) is 2.82. The minimum absolute atomic E-state index is 0.179. The highest BCUT2D eigenvalue weighted by atomic mass is 16.6. The maximum atomic E-state index is 12.6. The van der Waals surface area contributed by atoms with Gasteiger partial charge in [-0.1, -0.05) is 18.2 Å². The highest BCUT2D eigenvalue weighted by Crippen LogP contribution is 2.34. The number of carbonyl (C=O) groups is 1. The molecule has 3 rings (SSSR count). The quantitative estimate of drug-likeness (QED) is 0.434. The van der Waals surface area contributed by atoms with E-state index in [9.17, 15) is 14.9 Å². The van der Waals surface area contributed by atoms with E-state index in [0.29, 0.717) is 17.9 Å². The number of fused-ring (bicyclic) bond motifs is 1. The zero-order valence-corrected chi connectivity index (χ0v) is 15.6. The molecule has 0 fully saturated rings. The monoisotopic (exact) mass is 382 g/mol. The topological polar surface area (TPSA) is 107 Å². The molecule has 0 N–H and O–H groups in total. The van der Waals surface area contributed by atoms with E-state index in [-0.39, 0.29) is 28.6 Å². The Bertz CT molecular complexity index is 1000. The molecular formula is C19H18N4O5. The van der Waals surface area contributed by atoms with Crippen molar-refractivity contribution in [2.24, 2.45) is 10.2 Å². The van der Waals surface area contributed by atoms with Crippen LogP contribution in [0.2, 0.25) is 0 Å². The van der Waals surface area contributed by atoms with Crippen LogP contribution in [-0.4, -0.2) is 43.5 Å². The fourth-order valence-electron chi connectivity index (χ4n) is 2.97. The highest BCUT2D eigenvalue weighted by molar-refractivity contribution is 6.54. The van der Waals surface area contributed by atoms with Crippen LogP contribution in [0.15, 0.2) is 46.6 Å². The van der Waals surface area contributed by atoms with Crippen molar-refractivity contribution < 1.29 is 19.2 Å². The number of carbonyl (C=O) groups excluding carboxylic acids is 1. The van der Waals surface area contributed by atoms with Crippen LogP contribution in [0.5, 0.6) is 11.5 Å². The highest BCUT2D eigenvalue weighted by Gasteiger charge is 2.32. The molecular weight excluding hydrogens is 364 g/mol. The number of anilines is 1. The third-order valence-corrected chi connectivity index (χ3v) is 4.30. The van der Waals surface area contributed by atoms with Crippen molar-refractivity contribution in [2.45, 2.75) is 6.92 Å². The molecule has 0 atom stereocenters. The lowest BCUT2D eigenvalue weighted by atomic mass is 10.1. The molecule has 2 aromatic carbocycles. The van der Waals surface area contributed by atoms with Gasteiger partial charge in [-0.15, -0.1) is 5.10 Å². The second kappa shape index (κ2) is 7.87. The zero-order valence-electron chi connectivity index (χ0n) is 15.6. The standard InChI is InChI=1S/C19H18N4O5/c1-4-22-14-8-6-5-7-13(14)18(19(22)24)21-20-11-12-9-16(27-2)17(28-3)10-15(12)23(25)26/h5-11H,4H2,1-3H3/b20-11-,21-18+. The minimum atomic E-state index is -0.550. The molecule has 0 bridgehead atoms. The molecule has 1 heterocycles. The van der Waals surface area contributed by atoms with Gasteiger partial charge in [0.05, 0.1) is 42.7 Å². The lowest BCUT2D eigenvalue weighted by Crippen LogP contribution is -2.29. The first-order valence-electron chi connectivity index (χ1n) is 8.44. The van der Waals surface area contributed by atoms with Crippen molar-refractivity contribution in [1.82, 2.24) is 0 Å². The van der Waals surface area contributed by atoms with Crippen LogP contribution in [-0.2, 0) is 4.79 Å². The van der Waals surface area contributed by atoms with Crippen molar-refractivity contribution in [3.05, 3.63) is 57.6 Å². The van der Waals surface area contributed by atoms with Crippen LogP contribution in [0, 0.1) is 10.1 Å². The summed E-state index contributed by atoms with van der Waals surface area (Å²) in [5.74, 6) is 0.292. The number of nitro benzene ring substituents is 1. The van der Waals surface area contributed by atoms with Gasteiger partial charge in [-0.2, -0.15) is 5.10 Å². The van der Waals surface area contributed by atoms with E-state index < -0.39 is 4.92 Å². The third kappa shape index (κ3) is 3.29. The molecule has 9 nitrogen and oxygen atoms in total. The molecule has 28 heavy (non-hydrogen) atoms. The second-order valence-electron chi connectivity index (χ2n) is 5.78. The predicted molar refractivity (Wildman–Crippen MR) is 105 cm³/mol. The average Bonchev–Trinajstić information content (AvgIpc) is 2.98. The van der Waals surface area contributed by atoms with E-state index in [1.54, 1.807) is 11.0 Å². The van der Waals surface area contributed by atoms with Gasteiger partial charge in [-0.25, -0.2) is 0 Å². The van der Waals surface area contributed by atoms with Crippen molar-refractivity contribution in [1.29, 1.82) is 0 Å². The lowest BCUT2D eigenvalue weighted by molar-refractivity contribution is -0.385. The molecule has 0 aliphatic carbocycles. The van der Waals surface area contributed by atoms with Crippen LogP contribution in [0.25, 0.3) is 0 Å². The van der Waals surface area contributed by atoms with E-state index >= 15 is 0 Å². The first-order chi connectivity index (χ1) is 13.5. The Balaban J connectivity index is 2.01. The number of ether oxygens (including phenoxy) is 2. The molecule has 1 aliphatic rings. The number of hydrogen-bond acceptors (Lipinski definition) is 7. The van der Waals surface area contributed by atoms with Crippen LogP contribution in [0.3, 0.4) is 0 Å². The van der Waals surface area contributed by atoms with Gasteiger partial charge in [-0.3, -0.25) is 14.9 Å². The number of nitrogens with zero attached hydrogens (tertiary/aromatic N) is 4. The number of amides is 1. The number of rotatable bonds is 6. The van der Waals surface area contributed by atoms with E-state index in [4.69, 9.17) is 9.47 Å². The number of para-hydroxylation sites is 1. The van der Waals surface area contributed by atoms with Gasteiger partial charge in [0.15, 0.2) is 17.2 Å². The fraction of sp³-hybridized carbons (Fsp3) is 0.211. The molecule has 0 radical (unpaired) electrons. The van der Waals surface area contributed by atoms with Crippen LogP contribution in [0.4, 0.5) is 11.4 Å². The molecule has 9 heteroatoms. The summed E-state index contributed by atoms with van der Waals surface area (Å²) in [5.41, 5.74) is 1.60. The van der Waals surface area contributed by atoms with E-state index in [1.807, 2.05) is 25.1 Å². The Morgan fingerprint density at radius 3 is 2.50 bits per heavy atom. The van der Waals surface area contributed by atoms with Crippen LogP contribution >= 0.6 is 0 Å². The Kier molecular flexibility index (Phi) is 5.35. The van der Waals surface area contributed by atoms with Crippen LogP contribution < -0.4 is 14.4 Å². The number of benzene rings is 2. The van der Waals surface area contributed by atoms with Gasteiger partial charge in [-0.05, 0) is 19.1 Å². The second-order valence-corrected chi connectivity index (χ2v) is 5.78. The van der Waals surface area contributed by atoms with Crippen molar-refractivity contribution >= 4 is 29.2 Å². The summed E-state index contributed by atoms with van der Waals surface area (Å²) in [6.45, 7) is 2.37. The summed E-state index contributed by atoms with van der Waals surface area (Å²) in [4.78, 5) is 25.0. The largest absolute Gasteiger partial charge is 0.493 e. The number of likely N-dealkylation sites (N-methyl/N-ethyl adjacent to an activating group) is 1. The van der Waals surface area contributed by atoms with Gasteiger partial charge in [0.1, 0.15) is 0 Å². The summed E-state index contributed by atoms with van der Waals surface area (Å²) in [5, 5.41) is 19.3. The van der Waals surface area contributed by atoms with Crippen LogP contribution in [0.1, 0.15) is 18.1 Å². The molecule has 0 aromatic heterocycles. The van der Waals surface area contributed by atoms with E-state index in [0.717, 1.165) is 5.69 Å². The van der Waals surface area contributed by atoms with Crippen molar-refractivity contribution in [2.75, 3.05) is 25.7 Å². The smallest absolute Gasteiger partial charge is 0.282 e. The maximum absolute atomic E-state index is 12.6. The summed E-state index contributed by atoms with van der Waals surface area (Å²) >= 11 is 0. The first kappa shape index (κ1) is 19.0. The molecule has 1 aliphatic heterocycles. The molecule has 0 unspecified atom stereocenters. The normalized spacial score (nSPS) is 14.6. The summed E-state index contributed by atoms with van der Waals surface area (Å²) in [6, 6.07) is 9.96. The summed E-state index contributed by atoms with van der Waals surface area (Å²) in [6.07, 6.45) is 1.22. The molecule has 144 valence electrons. The third-order valence-electron chi connectivity index (χ3n) is 4.30.